The maximum absolute atomic E-state index is 13.0. The van der Waals surface area contributed by atoms with E-state index in [9.17, 15) is 9.59 Å². The molecule has 1 unspecified atom stereocenters. The fraction of sp³-hybridized carbons (Fsp3) is 0.500. The summed E-state index contributed by atoms with van der Waals surface area (Å²) in [6, 6.07) is 18.8. The first kappa shape index (κ1) is 24.0. The van der Waals surface area contributed by atoms with Crippen molar-refractivity contribution in [2.75, 3.05) is 13.1 Å². The van der Waals surface area contributed by atoms with Crippen molar-refractivity contribution in [2.24, 2.45) is 11.8 Å². The number of aryl methyl sites for hydroxylation is 1. The summed E-state index contributed by atoms with van der Waals surface area (Å²) in [7, 11) is 0. The molecule has 1 saturated heterocycles. The van der Waals surface area contributed by atoms with E-state index in [2.05, 4.69) is 69.4 Å². The lowest BCUT2D eigenvalue weighted by Crippen LogP contribution is -2.44. The predicted octanol–water partition coefficient (Wildman–Crippen LogP) is 5.49. The van der Waals surface area contributed by atoms with Gasteiger partial charge in [-0.25, -0.2) is 0 Å². The Kier molecular flexibility index (Phi) is 8.49. The number of hydrogen-bond donors (Lipinski definition) is 1. The normalized spacial score (nSPS) is 15.8. The smallest absolute Gasteiger partial charge is 0.223 e. The summed E-state index contributed by atoms with van der Waals surface area (Å²) >= 11 is 0. The van der Waals surface area contributed by atoms with Crippen LogP contribution in [0.25, 0.3) is 0 Å². The van der Waals surface area contributed by atoms with Gasteiger partial charge in [-0.3, -0.25) is 9.59 Å². The van der Waals surface area contributed by atoms with Gasteiger partial charge in [0.05, 0.1) is 6.04 Å². The Morgan fingerprint density at radius 2 is 1.50 bits per heavy atom. The summed E-state index contributed by atoms with van der Waals surface area (Å²) in [5, 5.41) is 3.30. The van der Waals surface area contributed by atoms with Crippen molar-refractivity contribution in [1.82, 2.24) is 10.2 Å². The minimum absolute atomic E-state index is 0.00856. The van der Waals surface area contributed by atoms with Crippen LogP contribution in [0, 0.1) is 11.8 Å². The molecule has 1 atom stereocenters. The molecule has 2 aromatic carbocycles. The third-order valence-electron chi connectivity index (χ3n) is 6.62. The van der Waals surface area contributed by atoms with Crippen LogP contribution in [-0.2, 0) is 16.0 Å². The van der Waals surface area contributed by atoms with E-state index in [4.69, 9.17) is 0 Å². The van der Waals surface area contributed by atoms with Gasteiger partial charge in [-0.05, 0) is 47.8 Å². The number of piperidine rings is 1. The fourth-order valence-corrected chi connectivity index (χ4v) is 4.44. The Morgan fingerprint density at radius 3 is 2.06 bits per heavy atom. The van der Waals surface area contributed by atoms with E-state index in [0.29, 0.717) is 31.3 Å². The molecular formula is C28H38N2O2. The van der Waals surface area contributed by atoms with E-state index in [1.807, 2.05) is 23.1 Å². The summed E-state index contributed by atoms with van der Waals surface area (Å²) in [5.41, 5.74) is 3.66. The van der Waals surface area contributed by atoms with Gasteiger partial charge in [0.25, 0.3) is 0 Å². The van der Waals surface area contributed by atoms with E-state index in [-0.39, 0.29) is 23.8 Å². The van der Waals surface area contributed by atoms with Crippen LogP contribution in [0.4, 0.5) is 0 Å². The predicted molar refractivity (Wildman–Crippen MR) is 130 cm³/mol. The van der Waals surface area contributed by atoms with Gasteiger partial charge in [0.15, 0.2) is 0 Å². The van der Waals surface area contributed by atoms with Gasteiger partial charge in [0.1, 0.15) is 0 Å². The maximum atomic E-state index is 13.0. The van der Waals surface area contributed by atoms with Crippen molar-refractivity contribution in [3.8, 4) is 0 Å². The van der Waals surface area contributed by atoms with E-state index >= 15 is 0 Å². The van der Waals surface area contributed by atoms with Crippen LogP contribution in [-0.4, -0.2) is 29.8 Å². The molecule has 0 aromatic heterocycles. The average molecular weight is 435 g/mol. The van der Waals surface area contributed by atoms with Crippen LogP contribution in [0.3, 0.4) is 0 Å². The van der Waals surface area contributed by atoms with Crippen LogP contribution in [0.2, 0.25) is 0 Å². The summed E-state index contributed by atoms with van der Waals surface area (Å²) in [5.74, 6) is 1.09. The maximum Gasteiger partial charge on any atom is 0.223 e. The molecule has 4 heteroatoms. The first-order valence-electron chi connectivity index (χ1n) is 12.1. The Bertz CT molecular complexity index is 866. The molecular weight excluding hydrogens is 396 g/mol. The second-order valence-electron chi connectivity index (χ2n) is 9.69. The molecule has 0 bridgehead atoms. The van der Waals surface area contributed by atoms with Gasteiger partial charge >= 0.3 is 0 Å². The van der Waals surface area contributed by atoms with Crippen molar-refractivity contribution < 1.29 is 9.59 Å². The van der Waals surface area contributed by atoms with Crippen molar-refractivity contribution in [1.29, 1.82) is 0 Å². The molecule has 0 saturated carbocycles. The molecule has 0 spiro atoms. The zero-order valence-corrected chi connectivity index (χ0v) is 20.0. The molecule has 2 amide bonds. The lowest BCUT2D eigenvalue weighted by Gasteiger charge is -2.33. The third-order valence-corrected chi connectivity index (χ3v) is 6.62. The van der Waals surface area contributed by atoms with Crippen LogP contribution >= 0.6 is 0 Å². The summed E-state index contributed by atoms with van der Waals surface area (Å²) in [4.78, 5) is 27.6. The highest BCUT2D eigenvalue weighted by atomic mass is 16.2. The van der Waals surface area contributed by atoms with Crippen LogP contribution in [0.1, 0.15) is 75.6 Å². The van der Waals surface area contributed by atoms with Crippen molar-refractivity contribution in [3.63, 3.8) is 0 Å². The Hall–Kier alpha value is -2.62. The number of carbonyl (C=O) groups excluding carboxylic acids is 2. The second-order valence-corrected chi connectivity index (χ2v) is 9.69. The molecule has 1 aliphatic heterocycles. The largest absolute Gasteiger partial charge is 0.349 e. The summed E-state index contributed by atoms with van der Waals surface area (Å²) in [6.45, 7) is 10.0. The standard InChI is InChI=1S/C28H38N2O2/c1-20(2)23-11-13-24(14-12-23)27(21(3)4)29-28(32)25-16-18-30(19-17-25)26(31)15-10-22-8-6-5-7-9-22/h5-9,11-14,20-21,25,27H,10,15-19H2,1-4H3,(H,29,32). The summed E-state index contributed by atoms with van der Waals surface area (Å²) < 4.78 is 0. The van der Waals surface area contributed by atoms with Crippen LogP contribution in [0.15, 0.2) is 54.6 Å². The first-order chi connectivity index (χ1) is 15.3. The lowest BCUT2D eigenvalue weighted by atomic mass is 9.91. The monoisotopic (exact) mass is 434 g/mol. The SMILES string of the molecule is CC(C)c1ccc(C(NC(=O)C2CCN(C(=O)CCc3ccccc3)CC2)C(C)C)cc1. The molecule has 32 heavy (non-hydrogen) atoms. The van der Waals surface area contributed by atoms with Crippen molar-refractivity contribution in [3.05, 3.63) is 71.3 Å². The van der Waals surface area contributed by atoms with E-state index in [1.165, 1.54) is 11.1 Å². The minimum atomic E-state index is -0.0237. The fourth-order valence-electron chi connectivity index (χ4n) is 4.44. The third kappa shape index (κ3) is 6.44. The molecule has 3 rings (SSSR count). The molecule has 0 aliphatic carbocycles. The first-order valence-corrected chi connectivity index (χ1v) is 12.1. The van der Waals surface area contributed by atoms with E-state index in [1.54, 1.807) is 0 Å². The molecule has 1 heterocycles. The quantitative estimate of drug-likeness (QED) is 0.597. The van der Waals surface area contributed by atoms with Gasteiger partial charge in [-0.2, -0.15) is 0 Å². The molecule has 2 aromatic rings. The van der Waals surface area contributed by atoms with Crippen molar-refractivity contribution >= 4 is 11.8 Å². The zero-order chi connectivity index (χ0) is 23.1. The van der Waals surface area contributed by atoms with Gasteiger partial charge in [0, 0.05) is 25.4 Å². The molecule has 1 N–H and O–H groups in total. The number of carbonyl (C=O) groups is 2. The average Bonchev–Trinajstić information content (AvgIpc) is 2.81. The van der Waals surface area contributed by atoms with Crippen molar-refractivity contribution in [2.45, 2.75) is 65.3 Å². The minimum Gasteiger partial charge on any atom is -0.349 e. The number of nitrogens with one attached hydrogen (secondary N) is 1. The highest BCUT2D eigenvalue weighted by Gasteiger charge is 2.29. The molecule has 1 aliphatic rings. The molecule has 172 valence electrons. The van der Waals surface area contributed by atoms with E-state index in [0.717, 1.165) is 24.8 Å². The van der Waals surface area contributed by atoms with Gasteiger partial charge < -0.3 is 10.2 Å². The number of benzene rings is 2. The van der Waals surface area contributed by atoms with Crippen LogP contribution in [0.5, 0.6) is 0 Å². The zero-order valence-electron chi connectivity index (χ0n) is 20.0. The number of likely N-dealkylation sites (tertiary alicyclic amines) is 1. The van der Waals surface area contributed by atoms with Gasteiger partial charge in [-0.15, -0.1) is 0 Å². The molecule has 1 fully saturated rings. The van der Waals surface area contributed by atoms with Gasteiger partial charge in [-0.1, -0.05) is 82.3 Å². The topological polar surface area (TPSA) is 49.4 Å². The second kappa shape index (κ2) is 11.3. The number of amides is 2. The van der Waals surface area contributed by atoms with Gasteiger partial charge in [0.2, 0.25) is 11.8 Å². The highest BCUT2D eigenvalue weighted by molar-refractivity contribution is 5.80. The Balaban J connectivity index is 1.50. The number of hydrogen-bond acceptors (Lipinski definition) is 2. The van der Waals surface area contributed by atoms with E-state index < -0.39 is 0 Å². The Labute approximate surface area is 193 Å². The number of nitrogens with zero attached hydrogens (tertiary/aromatic N) is 1. The Morgan fingerprint density at radius 1 is 0.906 bits per heavy atom. The van der Waals surface area contributed by atoms with Crippen LogP contribution < -0.4 is 5.32 Å². The summed E-state index contributed by atoms with van der Waals surface area (Å²) in [6.07, 6.45) is 2.77. The molecule has 0 radical (unpaired) electrons. The molecule has 4 nitrogen and oxygen atoms in total. The lowest BCUT2D eigenvalue weighted by molar-refractivity contribution is -0.135. The number of rotatable bonds is 8. The highest BCUT2D eigenvalue weighted by Crippen LogP contribution is 2.26.